The quantitative estimate of drug-likeness (QED) is 0.137. The maximum absolute atomic E-state index is 5.96. The standard InChI is InChI=1S/C47H42N2O2/c1-33-17-13-15-23-43(33)48-31-41(35-19-9-7-10-20-35)39-29-37(25-27-45(39)50-5)47(3,4)38-26-28-46(51-6)40(30-38)42(36-21-11-8-12-22-36)32-49-44-24-16-14-18-34(44)2/h7-30H,1-6H3. The van der Waals surface area contributed by atoms with E-state index >= 15 is 0 Å². The Morgan fingerprint density at radius 2 is 0.863 bits per heavy atom. The summed E-state index contributed by atoms with van der Waals surface area (Å²) in [5.41, 5.74) is 11.2. The van der Waals surface area contributed by atoms with Crippen LogP contribution in [0.5, 0.6) is 11.5 Å². The van der Waals surface area contributed by atoms with Gasteiger partial charge in [0.1, 0.15) is 11.5 Å². The topological polar surface area (TPSA) is 43.2 Å². The Morgan fingerprint density at radius 3 is 1.24 bits per heavy atom. The van der Waals surface area contributed by atoms with Gasteiger partial charge in [0.15, 0.2) is 0 Å². The number of aliphatic imine (C=N–C) groups is 2. The first-order valence-corrected chi connectivity index (χ1v) is 17.1. The Labute approximate surface area is 301 Å². The lowest BCUT2D eigenvalue weighted by atomic mass is 9.76. The van der Waals surface area contributed by atoms with Gasteiger partial charge in [-0.1, -0.05) is 123 Å². The zero-order chi connectivity index (χ0) is 35.8. The maximum Gasteiger partial charge on any atom is 0.127 e. The molecule has 0 saturated carbocycles. The van der Waals surface area contributed by atoms with Gasteiger partial charge < -0.3 is 9.47 Å². The van der Waals surface area contributed by atoms with Gasteiger partial charge in [-0.05, 0) is 95.4 Å². The van der Waals surface area contributed by atoms with Gasteiger partial charge in [0, 0.05) is 16.5 Å². The van der Waals surface area contributed by atoms with Gasteiger partial charge in [-0.25, -0.2) is 9.98 Å². The summed E-state index contributed by atoms with van der Waals surface area (Å²) >= 11 is 0. The second-order valence-corrected chi connectivity index (χ2v) is 13.0. The Morgan fingerprint density at radius 1 is 0.490 bits per heavy atom. The average molecular weight is 667 g/mol. The fraction of sp³-hybridized carbons (Fsp3) is 0.149. The highest BCUT2D eigenvalue weighted by Gasteiger charge is 2.27. The largest absolute Gasteiger partial charge is 0.496 e. The number of para-hydroxylation sites is 2. The molecule has 252 valence electrons. The van der Waals surface area contributed by atoms with Gasteiger partial charge in [-0.3, -0.25) is 0 Å². The minimum absolute atomic E-state index is 0.425. The number of hydrogen-bond donors (Lipinski definition) is 0. The molecule has 0 N–H and O–H groups in total. The summed E-state index contributed by atoms with van der Waals surface area (Å²) in [4.78, 5) is 9.67. The monoisotopic (exact) mass is 666 g/mol. The maximum atomic E-state index is 5.96. The molecule has 0 fully saturated rings. The summed E-state index contributed by atoms with van der Waals surface area (Å²) in [6, 6.07) is 49.4. The summed E-state index contributed by atoms with van der Waals surface area (Å²) in [5.74, 6) is 8.33. The second-order valence-electron chi connectivity index (χ2n) is 13.0. The molecule has 0 bridgehead atoms. The molecule has 0 aliphatic rings. The van der Waals surface area contributed by atoms with Crippen LogP contribution in [0, 0.1) is 13.8 Å². The van der Waals surface area contributed by atoms with E-state index in [1.807, 2.05) is 84.9 Å². The smallest absolute Gasteiger partial charge is 0.127 e. The molecule has 0 atom stereocenters. The molecule has 4 nitrogen and oxygen atoms in total. The van der Waals surface area contributed by atoms with Crippen molar-refractivity contribution >= 4 is 34.3 Å². The first kappa shape index (κ1) is 34.7. The van der Waals surface area contributed by atoms with E-state index in [1.165, 1.54) is 0 Å². The third-order valence-electron chi connectivity index (χ3n) is 9.31. The Bertz CT molecular complexity index is 2130. The van der Waals surface area contributed by atoms with Crippen LogP contribution < -0.4 is 9.47 Å². The molecule has 0 aliphatic carbocycles. The van der Waals surface area contributed by atoms with Crippen LogP contribution in [0.15, 0.2) is 156 Å². The first-order chi connectivity index (χ1) is 24.8. The molecule has 51 heavy (non-hydrogen) atoms. The molecule has 6 aromatic carbocycles. The van der Waals surface area contributed by atoms with E-state index < -0.39 is 5.41 Å². The number of ether oxygens (including phenoxy) is 2. The van der Waals surface area contributed by atoms with E-state index in [0.717, 1.165) is 78.5 Å². The lowest BCUT2D eigenvalue weighted by molar-refractivity contribution is 0.412. The third kappa shape index (κ3) is 7.69. The molecule has 0 saturated heterocycles. The molecule has 0 amide bonds. The third-order valence-corrected chi connectivity index (χ3v) is 9.31. The number of rotatable bonds is 10. The number of hydrogen-bond acceptors (Lipinski definition) is 4. The van der Waals surface area contributed by atoms with Crippen molar-refractivity contribution in [3.63, 3.8) is 0 Å². The van der Waals surface area contributed by atoms with E-state index in [1.54, 1.807) is 14.2 Å². The van der Waals surface area contributed by atoms with E-state index in [0.29, 0.717) is 0 Å². The number of benzene rings is 6. The summed E-state index contributed by atoms with van der Waals surface area (Å²) in [6.45, 7) is 8.60. The van der Waals surface area contributed by atoms with Gasteiger partial charge in [-0.2, -0.15) is 0 Å². The Balaban J connectivity index is 1.52. The SMILES string of the molecule is COc1ccc(C(C)(C)c2ccc(OC)c(C(=C=Nc3ccccc3C)c3ccccc3)c2)cc1C(=C=Nc1ccccc1C)c1ccccc1. The number of aryl methyl sites for hydroxylation is 2. The van der Waals surface area contributed by atoms with Crippen molar-refractivity contribution in [1.82, 2.24) is 0 Å². The Kier molecular flexibility index (Phi) is 10.6. The van der Waals surface area contributed by atoms with Crippen LogP contribution in [0.2, 0.25) is 0 Å². The van der Waals surface area contributed by atoms with Crippen LogP contribution in [0.4, 0.5) is 11.4 Å². The molecule has 0 heterocycles. The fourth-order valence-corrected chi connectivity index (χ4v) is 6.13. The van der Waals surface area contributed by atoms with Gasteiger partial charge >= 0.3 is 0 Å². The molecule has 6 aromatic rings. The zero-order valence-corrected chi connectivity index (χ0v) is 30.1. The summed E-state index contributed by atoms with van der Waals surface area (Å²) in [7, 11) is 3.41. The van der Waals surface area contributed by atoms with Crippen molar-refractivity contribution in [3.05, 3.63) is 190 Å². The van der Waals surface area contributed by atoms with Crippen molar-refractivity contribution in [2.45, 2.75) is 33.1 Å². The van der Waals surface area contributed by atoms with E-state index in [2.05, 4.69) is 100 Å². The van der Waals surface area contributed by atoms with E-state index in [-0.39, 0.29) is 0 Å². The van der Waals surface area contributed by atoms with Crippen LogP contribution in [-0.2, 0) is 5.41 Å². The highest BCUT2D eigenvalue weighted by Crippen LogP contribution is 2.40. The molecule has 0 unspecified atom stereocenters. The molecular weight excluding hydrogens is 625 g/mol. The summed E-state index contributed by atoms with van der Waals surface area (Å²) < 4.78 is 11.9. The predicted octanol–water partition coefficient (Wildman–Crippen LogP) is 11.5. The van der Waals surface area contributed by atoms with E-state index in [9.17, 15) is 0 Å². The average Bonchev–Trinajstić information content (AvgIpc) is 3.17. The molecule has 0 aliphatic heterocycles. The zero-order valence-electron chi connectivity index (χ0n) is 30.1. The minimum Gasteiger partial charge on any atom is -0.496 e. The normalized spacial score (nSPS) is 10.8. The van der Waals surface area contributed by atoms with Crippen LogP contribution in [0.1, 0.15) is 58.4 Å². The van der Waals surface area contributed by atoms with Crippen LogP contribution in [-0.4, -0.2) is 26.0 Å². The summed E-state index contributed by atoms with van der Waals surface area (Å²) in [6.07, 6.45) is 0. The fourth-order valence-electron chi connectivity index (χ4n) is 6.13. The van der Waals surface area contributed by atoms with Crippen molar-refractivity contribution in [1.29, 1.82) is 0 Å². The highest BCUT2D eigenvalue weighted by atomic mass is 16.5. The molecule has 0 aromatic heterocycles. The second kappa shape index (κ2) is 15.6. The first-order valence-electron chi connectivity index (χ1n) is 17.1. The predicted molar refractivity (Wildman–Crippen MR) is 213 cm³/mol. The highest BCUT2D eigenvalue weighted by molar-refractivity contribution is 6.02. The van der Waals surface area contributed by atoms with Crippen molar-refractivity contribution in [2.24, 2.45) is 9.98 Å². The molecule has 0 spiro atoms. The van der Waals surface area contributed by atoms with Gasteiger partial charge in [0.25, 0.3) is 0 Å². The molecule has 0 radical (unpaired) electrons. The van der Waals surface area contributed by atoms with Gasteiger partial charge in [0.05, 0.1) is 36.7 Å². The van der Waals surface area contributed by atoms with Crippen LogP contribution in [0.25, 0.3) is 11.1 Å². The molecule has 4 heteroatoms. The van der Waals surface area contributed by atoms with Crippen LogP contribution in [0.3, 0.4) is 0 Å². The minimum atomic E-state index is -0.425. The van der Waals surface area contributed by atoms with Gasteiger partial charge in [0.2, 0.25) is 0 Å². The van der Waals surface area contributed by atoms with Crippen molar-refractivity contribution < 1.29 is 9.47 Å². The van der Waals surface area contributed by atoms with Crippen molar-refractivity contribution in [3.8, 4) is 11.5 Å². The molecule has 6 rings (SSSR count). The van der Waals surface area contributed by atoms with E-state index in [4.69, 9.17) is 19.5 Å². The Hall–Kier alpha value is -6.18. The van der Waals surface area contributed by atoms with Gasteiger partial charge in [-0.15, -0.1) is 0 Å². The summed E-state index contributed by atoms with van der Waals surface area (Å²) in [5, 5.41) is 0. The lowest BCUT2D eigenvalue weighted by Crippen LogP contribution is -2.20. The lowest BCUT2D eigenvalue weighted by Gasteiger charge is -2.28. The van der Waals surface area contributed by atoms with Crippen LogP contribution >= 0.6 is 0 Å². The van der Waals surface area contributed by atoms with Crippen molar-refractivity contribution in [2.75, 3.05) is 14.2 Å². The number of methoxy groups -OCH3 is 2. The molecular formula is C47H42N2O2. The number of nitrogens with zero attached hydrogens (tertiary/aromatic N) is 2.